The van der Waals surface area contributed by atoms with Crippen molar-refractivity contribution in [2.75, 3.05) is 31.9 Å². The average Bonchev–Trinajstić information content (AvgIpc) is 4.03. The molecule has 65 heavy (non-hydrogen) atoms. The van der Waals surface area contributed by atoms with Crippen molar-refractivity contribution in [3.05, 3.63) is 106 Å². The quantitative estimate of drug-likeness (QED) is 0.0752. The molecular weight excluding hydrogens is 859 g/mol. The standard InChI is InChI=1S/C45H49N9O10S/c1-26-38(65-24-48-26)28-9-7-27(8-10-28)21-47-41(58)35-20-30(55)23-54(35)43(59)39(45(2,3)4)51-44(60)63-25-61-17-6-18-62-31-12-13-32(46-22-31)40(57)49-29-11-15-36-34(19-29)50-42(64-36)33-14-16-37(56)53(5)52-33/h7-16,19,22,24,30,35,39,55H,6,17-18,20-21,23,25H2,1-5H3,(H,47,58)(H,49,57)(H,51,60)/t30-,35+,39-/m0/s1. The molecule has 6 aromatic rings. The number of carbonyl (C=O) groups excluding carboxylic acids is 4. The Labute approximate surface area is 377 Å². The monoisotopic (exact) mass is 907 g/mol. The smallest absolute Gasteiger partial charge is 0.409 e. The van der Waals surface area contributed by atoms with Crippen molar-refractivity contribution >= 4 is 51.9 Å². The van der Waals surface area contributed by atoms with Crippen LogP contribution in [0.25, 0.3) is 33.1 Å². The average molecular weight is 908 g/mol. The maximum absolute atomic E-state index is 13.9. The zero-order chi connectivity index (χ0) is 46.3. The van der Waals surface area contributed by atoms with Crippen LogP contribution in [-0.4, -0.2) is 103 Å². The third-order valence-corrected chi connectivity index (χ3v) is 11.4. The van der Waals surface area contributed by atoms with E-state index in [9.17, 15) is 29.1 Å². The number of thiazole rings is 1. The highest BCUT2D eigenvalue weighted by Gasteiger charge is 2.44. The fourth-order valence-corrected chi connectivity index (χ4v) is 7.78. The molecule has 340 valence electrons. The maximum Gasteiger partial charge on any atom is 0.409 e. The summed E-state index contributed by atoms with van der Waals surface area (Å²) in [5, 5.41) is 23.0. The molecule has 0 aliphatic carbocycles. The Balaban J connectivity index is 0.811. The maximum atomic E-state index is 13.9. The summed E-state index contributed by atoms with van der Waals surface area (Å²) < 4.78 is 23.3. The van der Waals surface area contributed by atoms with Crippen LogP contribution in [0, 0.1) is 12.3 Å². The van der Waals surface area contributed by atoms with Crippen LogP contribution in [0.2, 0.25) is 0 Å². The number of aryl methyl sites for hydroxylation is 2. The predicted molar refractivity (Wildman–Crippen MR) is 239 cm³/mol. The van der Waals surface area contributed by atoms with E-state index in [0.29, 0.717) is 34.7 Å². The third kappa shape index (κ3) is 11.6. The van der Waals surface area contributed by atoms with E-state index in [-0.39, 0.29) is 49.9 Å². The van der Waals surface area contributed by atoms with Crippen molar-refractivity contribution in [2.45, 2.75) is 65.3 Å². The fourth-order valence-electron chi connectivity index (χ4n) is 6.97. The van der Waals surface area contributed by atoms with Crippen LogP contribution >= 0.6 is 11.3 Å². The highest BCUT2D eigenvalue weighted by atomic mass is 32.1. The molecule has 3 atom stereocenters. The molecule has 1 saturated heterocycles. The summed E-state index contributed by atoms with van der Waals surface area (Å²) in [6, 6.07) is 16.8. The number of anilines is 1. The number of likely N-dealkylation sites (tertiary alicyclic amines) is 1. The summed E-state index contributed by atoms with van der Waals surface area (Å²) >= 11 is 1.56. The molecule has 4 aromatic heterocycles. The van der Waals surface area contributed by atoms with Gasteiger partial charge in [0.1, 0.15) is 34.7 Å². The SMILES string of the molecule is Cc1ncsc1-c1ccc(CNC(=O)[C@H]2C[C@H](O)CN2C(=O)[C@H](NC(=O)OCOCCCOc2ccc(C(=O)Nc3ccc4oc(-c5ccc(=O)n(C)n5)nc4c3)nc2)C(C)(C)C)cc1. The van der Waals surface area contributed by atoms with Gasteiger partial charge in [-0.2, -0.15) is 5.10 Å². The van der Waals surface area contributed by atoms with Gasteiger partial charge in [0.15, 0.2) is 12.4 Å². The molecule has 4 amide bonds. The first-order valence-electron chi connectivity index (χ1n) is 20.7. The van der Waals surface area contributed by atoms with Gasteiger partial charge in [0, 0.05) is 44.7 Å². The lowest BCUT2D eigenvalue weighted by Crippen LogP contribution is -2.57. The van der Waals surface area contributed by atoms with E-state index in [1.807, 2.05) is 31.2 Å². The minimum Gasteiger partial charge on any atom is -0.492 e. The summed E-state index contributed by atoms with van der Waals surface area (Å²) in [4.78, 5) is 80.1. The van der Waals surface area contributed by atoms with Crippen LogP contribution in [0.3, 0.4) is 0 Å². The Morgan fingerprint density at radius 1 is 1.02 bits per heavy atom. The summed E-state index contributed by atoms with van der Waals surface area (Å²) in [5.41, 5.74) is 5.59. The summed E-state index contributed by atoms with van der Waals surface area (Å²) in [6.45, 7) is 7.48. The molecule has 0 radical (unpaired) electrons. The largest absolute Gasteiger partial charge is 0.492 e. The second kappa shape index (κ2) is 20.2. The lowest BCUT2D eigenvalue weighted by Gasteiger charge is -2.35. The Kier molecular flexibility index (Phi) is 14.3. The van der Waals surface area contributed by atoms with Crippen LogP contribution in [-0.2, 0) is 32.7 Å². The lowest BCUT2D eigenvalue weighted by atomic mass is 9.85. The Hall–Kier alpha value is -7.03. The topological polar surface area (TPSA) is 242 Å². The van der Waals surface area contributed by atoms with Gasteiger partial charge >= 0.3 is 6.09 Å². The fraction of sp³-hybridized carbons (Fsp3) is 0.356. The van der Waals surface area contributed by atoms with Crippen LogP contribution in [0.15, 0.2) is 87.6 Å². The molecule has 0 bridgehead atoms. The Morgan fingerprint density at radius 2 is 1.82 bits per heavy atom. The van der Waals surface area contributed by atoms with Gasteiger partial charge in [-0.15, -0.1) is 11.3 Å². The number of aromatic nitrogens is 5. The molecule has 7 rings (SSSR count). The summed E-state index contributed by atoms with van der Waals surface area (Å²) in [5.74, 6) is -0.717. The number of aliphatic hydroxyl groups is 1. The molecule has 0 unspecified atom stereocenters. The third-order valence-electron chi connectivity index (χ3n) is 10.4. The number of ether oxygens (including phenoxy) is 3. The van der Waals surface area contributed by atoms with Crippen molar-refractivity contribution in [1.29, 1.82) is 0 Å². The number of β-amino-alcohol motifs (C(OH)–C–C–N with tert-alkyl or cyclic N) is 1. The van der Waals surface area contributed by atoms with Gasteiger partial charge in [-0.3, -0.25) is 19.2 Å². The number of hydrogen-bond acceptors (Lipinski definition) is 15. The minimum atomic E-state index is -1.08. The number of pyridine rings is 1. The van der Waals surface area contributed by atoms with Gasteiger partial charge in [0.05, 0.1) is 41.6 Å². The molecule has 1 fully saturated rings. The molecule has 5 heterocycles. The van der Waals surface area contributed by atoms with E-state index >= 15 is 0 Å². The van der Waals surface area contributed by atoms with Gasteiger partial charge in [-0.05, 0) is 59.9 Å². The Morgan fingerprint density at radius 3 is 2.52 bits per heavy atom. The number of rotatable bonds is 16. The zero-order valence-corrected chi connectivity index (χ0v) is 37.2. The highest BCUT2D eigenvalue weighted by molar-refractivity contribution is 7.13. The van der Waals surface area contributed by atoms with E-state index in [4.69, 9.17) is 18.6 Å². The number of aliphatic hydroxyl groups excluding tert-OH is 1. The molecule has 1 aliphatic rings. The first kappa shape index (κ1) is 46.0. The molecule has 4 N–H and O–H groups in total. The van der Waals surface area contributed by atoms with Crippen molar-refractivity contribution < 1.29 is 42.9 Å². The number of oxazole rings is 1. The normalized spacial score (nSPS) is 15.4. The highest BCUT2D eigenvalue weighted by Crippen LogP contribution is 2.29. The molecule has 2 aromatic carbocycles. The van der Waals surface area contributed by atoms with E-state index < -0.39 is 54.2 Å². The van der Waals surface area contributed by atoms with Gasteiger partial charge in [-0.1, -0.05) is 45.0 Å². The molecule has 19 nitrogen and oxygen atoms in total. The van der Waals surface area contributed by atoms with Crippen molar-refractivity contribution in [3.63, 3.8) is 0 Å². The number of amides is 4. The van der Waals surface area contributed by atoms with Gasteiger partial charge in [0.2, 0.25) is 17.7 Å². The predicted octanol–water partition coefficient (Wildman–Crippen LogP) is 4.83. The molecule has 1 aliphatic heterocycles. The van der Waals surface area contributed by atoms with Gasteiger partial charge < -0.3 is 44.6 Å². The van der Waals surface area contributed by atoms with Crippen LogP contribution in [0.1, 0.15) is 55.4 Å². The van der Waals surface area contributed by atoms with Gasteiger partial charge in [-0.25, -0.2) is 24.4 Å². The first-order valence-corrected chi connectivity index (χ1v) is 21.6. The van der Waals surface area contributed by atoms with Crippen LogP contribution in [0.5, 0.6) is 5.75 Å². The molecular formula is C45H49N9O10S. The van der Waals surface area contributed by atoms with E-state index in [2.05, 4.69) is 36.0 Å². The number of alkyl carbamates (subject to hydrolysis) is 1. The Bertz CT molecular complexity index is 2710. The number of benzene rings is 2. The van der Waals surface area contributed by atoms with Gasteiger partial charge in [0.25, 0.3) is 11.5 Å². The van der Waals surface area contributed by atoms with Crippen molar-refractivity contribution in [3.8, 4) is 27.8 Å². The summed E-state index contributed by atoms with van der Waals surface area (Å²) in [6.07, 6.45) is 0.122. The second-order valence-electron chi connectivity index (χ2n) is 16.4. The zero-order valence-electron chi connectivity index (χ0n) is 36.4. The number of nitrogens with zero attached hydrogens (tertiary/aromatic N) is 6. The number of fused-ring (bicyclic) bond motifs is 1. The van der Waals surface area contributed by atoms with Crippen molar-refractivity contribution in [2.24, 2.45) is 12.5 Å². The molecule has 20 heteroatoms. The van der Waals surface area contributed by atoms with Crippen LogP contribution < -0.4 is 26.2 Å². The molecule has 0 spiro atoms. The minimum absolute atomic E-state index is 0.0608. The van der Waals surface area contributed by atoms with E-state index in [0.717, 1.165) is 21.7 Å². The number of hydrogen-bond donors (Lipinski definition) is 4. The van der Waals surface area contributed by atoms with E-state index in [1.54, 1.807) is 61.9 Å². The molecule has 0 saturated carbocycles. The number of carbonyl (C=O) groups is 4. The van der Waals surface area contributed by atoms with E-state index in [1.165, 1.54) is 41.0 Å². The second-order valence-corrected chi connectivity index (χ2v) is 17.3. The summed E-state index contributed by atoms with van der Waals surface area (Å²) in [7, 11) is 1.53. The van der Waals surface area contributed by atoms with Crippen LogP contribution in [0.4, 0.5) is 10.5 Å². The lowest BCUT2D eigenvalue weighted by molar-refractivity contribution is -0.142. The first-order chi connectivity index (χ1) is 31.1. The number of nitrogens with one attached hydrogen (secondary N) is 3. The van der Waals surface area contributed by atoms with Crippen molar-refractivity contribution in [1.82, 2.24) is 40.3 Å².